The van der Waals surface area contributed by atoms with E-state index in [2.05, 4.69) is 36.0 Å². The molecule has 7 heteroatoms. The van der Waals surface area contributed by atoms with Gasteiger partial charge < -0.3 is 15.1 Å². The number of hydrogen-bond donors (Lipinski definition) is 1. The number of imide groups is 1. The second-order valence-electron chi connectivity index (χ2n) is 10.5. The Morgan fingerprint density at radius 2 is 1.44 bits per heavy atom. The van der Waals surface area contributed by atoms with Gasteiger partial charge in [0.2, 0.25) is 5.91 Å². The molecule has 0 aromatic carbocycles. The van der Waals surface area contributed by atoms with Crippen LogP contribution in [0.5, 0.6) is 0 Å². The Balaban J connectivity index is 2.08. The number of nitrogens with one attached hydrogen (secondary N) is 1. The molecule has 1 heterocycles. The third-order valence-corrected chi connectivity index (χ3v) is 7.19. The highest BCUT2D eigenvalue weighted by molar-refractivity contribution is 6.12. The summed E-state index contributed by atoms with van der Waals surface area (Å²) in [5, 5.41) is 3.06. The standard InChI is InChI=1S/C29H54N4O3/c1-5-7-8-9-10-11-12-23-32(4)26(16-6-2)17-15-18-27(34)30-21-25-31(3)22-13-14-24-33-28(35)19-20-29(33)36/h19-20,26H,5-18,21-25H2,1-4H3,(H,30,34). The van der Waals surface area contributed by atoms with Crippen LogP contribution in [0.25, 0.3) is 0 Å². The van der Waals surface area contributed by atoms with E-state index in [0.29, 0.717) is 25.6 Å². The van der Waals surface area contributed by atoms with Gasteiger partial charge in [-0.25, -0.2) is 0 Å². The molecule has 1 rings (SSSR count). The van der Waals surface area contributed by atoms with Crippen molar-refractivity contribution in [2.45, 2.75) is 110 Å². The van der Waals surface area contributed by atoms with E-state index in [-0.39, 0.29) is 17.7 Å². The molecule has 0 aliphatic carbocycles. The van der Waals surface area contributed by atoms with Crippen molar-refractivity contribution in [2.24, 2.45) is 0 Å². The molecule has 0 aromatic rings. The number of amides is 3. The molecule has 1 aliphatic rings. The van der Waals surface area contributed by atoms with Gasteiger partial charge in [0.25, 0.3) is 11.8 Å². The zero-order valence-corrected chi connectivity index (χ0v) is 23.7. The van der Waals surface area contributed by atoms with Crippen molar-refractivity contribution < 1.29 is 14.4 Å². The fourth-order valence-corrected chi connectivity index (χ4v) is 4.81. The van der Waals surface area contributed by atoms with Gasteiger partial charge in [0.05, 0.1) is 0 Å². The van der Waals surface area contributed by atoms with E-state index in [0.717, 1.165) is 38.8 Å². The molecule has 36 heavy (non-hydrogen) atoms. The number of carbonyl (C=O) groups is 3. The van der Waals surface area contributed by atoms with Crippen LogP contribution >= 0.6 is 0 Å². The first-order valence-corrected chi connectivity index (χ1v) is 14.6. The van der Waals surface area contributed by atoms with Gasteiger partial charge in [-0.3, -0.25) is 19.3 Å². The fraction of sp³-hybridized carbons (Fsp3) is 0.828. The summed E-state index contributed by atoms with van der Waals surface area (Å²) in [4.78, 5) is 41.4. The van der Waals surface area contributed by atoms with Crippen LogP contribution in [0, 0.1) is 0 Å². The Bertz CT molecular complexity index is 634. The summed E-state index contributed by atoms with van der Waals surface area (Å²) in [7, 11) is 4.29. The zero-order valence-electron chi connectivity index (χ0n) is 23.7. The fourth-order valence-electron chi connectivity index (χ4n) is 4.81. The molecular weight excluding hydrogens is 452 g/mol. The summed E-state index contributed by atoms with van der Waals surface area (Å²) in [6.07, 6.45) is 18.8. The Morgan fingerprint density at radius 3 is 2.11 bits per heavy atom. The van der Waals surface area contributed by atoms with Crippen molar-refractivity contribution in [1.82, 2.24) is 20.0 Å². The molecule has 0 saturated carbocycles. The SMILES string of the molecule is CCCCCCCCCN(C)C(CCC)CCCC(=O)NCCN(C)CCCCN1C(=O)C=CC1=O. The molecule has 1 aliphatic heterocycles. The molecule has 0 aromatic heterocycles. The quantitative estimate of drug-likeness (QED) is 0.160. The highest BCUT2D eigenvalue weighted by Crippen LogP contribution is 2.15. The topological polar surface area (TPSA) is 73.0 Å². The van der Waals surface area contributed by atoms with Crippen molar-refractivity contribution >= 4 is 17.7 Å². The van der Waals surface area contributed by atoms with E-state index in [4.69, 9.17) is 0 Å². The first-order valence-electron chi connectivity index (χ1n) is 14.6. The minimum absolute atomic E-state index is 0.145. The molecule has 1 atom stereocenters. The second kappa shape index (κ2) is 20.3. The minimum atomic E-state index is -0.211. The molecule has 0 saturated heterocycles. The van der Waals surface area contributed by atoms with Gasteiger partial charge in [0, 0.05) is 44.2 Å². The van der Waals surface area contributed by atoms with E-state index in [1.54, 1.807) is 0 Å². The smallest absolute Gasteiger partial charge is 0.253 e. The maximum Gasteiger partial charge on any atom is 0.253 e. The van der Waals surface area contributed by atoms with Crippen molar-refractivity contribution in [2.75, 3.05) is 46.8 Å². The summed E-state index contributed by atoms with van der Waals surface area (Å²) in [6.45, 7) is 8.49. The van der Waals surface area contributed by atoms with Crippen LogP contribution in [0.15, 0.2) is 12.2 Å². The highest BCUT2D eigenvalue weighted by Gasteiger charge is 2.22. The van der Waals surface area contributed by atoms with E-state index in [1.165, 1.54) is 81.4 Å². The van der Waals surface area contributed by atoms with Gasteiger partial charge in [0.1, 0.15) is 0 Å². The number of rotatable bonds is 23. The van der Waals surface area contributed by atoms with Crippen LogP contribution in [0.4, 0.5) is 0 Å². The zero-order chi connectivity index (χ0) is 26.6. The lowest BCUT2D eigenvalue weighted by Crippen LogP contribution is -2.35. The van der Waals surface area contributed by atoms with Crippen LogP contribution in [-0.4, -0.2) is 85.3 Å². The molecule has 0 fully saturated rings. The Kier molecular flexibility index (Phi) is 18.3. The average Bonchev–Trinajstić information content (AvgIpc) is 3.17. The van der Waals surface area contributed by atoms with Crippen molar-refractivity contribution in [3.8, 4) is 0 Å². The maximum absolute atomic E-state index is 12.3. The van der Waals surface area contributed by atoms with Crippen LogP contribution in [0.3, 0.4) is 0 Å². The van der Waals surface area contributed by atoms with Crippen LogP contribution in [-0.2, 0) is 14.4 Å². The van der Waals surface area contributed by atoms with E-state index >= 15 is 0 Å². The number of carbonyl (C=O) groups excluding carboxylic acids is 3. The molecule has 0 bridgehead atoms. The lowest BCUT2D eigenvalue weighted by Gasteiger charge is -2.28. The van der Waals surface area contributed by atoms with Gasteiger partial charge in [-0.1, -0.05) is 58.8 Å². The average molecular weight is 507 g/mol. The van der Waals surface area contributed by atoms with Gasteiger partial charge in [0.15, 0.2) is 0 Å². The lowest BCUT2D eigenvalue weighted by atomic mass is 10.0. The third-order valence-electron chi connectivity index (χ3n) is 7.19. The summed E-state index contributed by atoms with van der Waals surface area (Å²) < 4.78 is 0. The van der Waals surface area contributed by atoms with Crippen molar-refractivity contribution in [3.05, 3.63) is 12.2 Å². The van der Waals surface area contributed by atoms with Gasteiger partial charge in [-0.15, -0.1) is 0 Å². The van der Waals surface area contributed by atoms with Gasteiger partial charge >= 0.3 is 0 Å². The second-order valence-corrected chi connectivity index (χ2v) is 10.5. The lowest BCUT2D eigenvalue weighted by molar-refractivity contribution is -0.136. The normalized spacial score (nSPS) is 14.4. The predicted octanol–water partition coefficient (Wildman–Crippen LogP) is 4.76. The van der Waals surface area contributed by atoms with Crippen LogP contribution < -0.4 is 5.32 Å². The Labute approximate surface area is 221 Å². The number of nitrogens with zero attached hydrogens (tertiary/aromatic N) is 3. The van der Waals surface area contributed by atoms with Crippen LogP contribution in [0.1, 0.15) is 104 Å². The predicted molar refractivity (Wildman–Crippen MR) is 149 cm³/mol. The van der Waals surface area contributed by atoms with E-state index < -0.39 is 0 Å². The Hall–Kier alpha value is -1.73. The van der Waals surface area contributed by atoms with E-state index in [1.807, 2.05) is 7.05 Å². The van der Waals surface area contributed by atoms with Crippen molar-refractivity contribution in [3.63, 3.8) is 0 Å². The molecule has 1 unspecified atom stereocenters. The molecule has 3 amide bonds. The number of hydrogen-bond acceptors (Lipinski definition) is 5. The first kappa shape index (κ1) is 32.3. The van der Waals surface area contributed by atoms with Crippen molar-refractivity contribution in [1.29, 1.82) is 0 Å². The molecule has 0 radical (unpaired) electrons. The largest absolute Gasteiger partial charge is 0.355 e. The third kappa shape index (κ3) is 14.7. The maximum atomic E-state index is 12.3. The van der Waals surface area contributed by atoms with Gasteiger partial charge in [-0.2, -0.15) is 0 Å². The summed E-state index contributed by atoms with van der Waals surface area (Å²) >= 11 is 0. The highest BCUT2D eigenvalue weighted by atomic mass is 16.2. The molecular formula is C29H54N4O3. The molecule has 208 valence electrons. The summed E-state index contributed by atoms with van der Waals surface area (Å²) in [5.74, 6) is -0.277. The molecule has 7 nitrogen and oxygen atoms in total. The molecule has 1 N–H and O–H groups in total. The number of unbranched alkanes of at least 4 members (excludes halogenated alkanes) is 7. The summed E-state index contributed by atoms with van der Waals surface area (Å²) in [5.41, 5.74) is 0. The minimum Gasteiger partial charge on any atom is -0.355 e. The monoisotopic (exact) mass is 506 g/mol. The number of likely N-dealkylation sites (N-methyl/N-ethyl adjacent to an activating group) is 1. The Morgan fingerprint density at radius 1 is 0.806 bits per heavy atom. The van der Waals surface area contributed by atoms with Crippen LogP contribution in [0.2, 0.25) is 0 Å². The molecule has 0 spiro atoms. The van der Waals surface area contributed by atoms with E-state index in [9.17, 15) is 14.4 Å². The van der Waals surface area contributed by atoms with Gasteiger partial charge in [-0.05, 0) is 65.7 Å². The first-order chi connectivity index (χ1) is 17.4. The summed E-state index contributed by atoms with van der Waals surface area (Å²) in [6, 6.07) is 0.580.